The molecule has 2 N–H and O–H groups in total. The fraction of sp³-hybridized carbons (Fsp3) is 0.484. The van der Waals surface area contributed by atoms with Gasteiger partial charge in [0.05, 0.1) is 29.4 Å². The number of ether oxygens (including phenoxy) is 1. The fourth-order valence-electron chi connectivity index (χ4n) is 8.15. The molecular weight excluding hydrogens is 740 g/mol. The summed E-state index contributed by atoms with van der Waals surface area (Å²) in [6.45, 7) is 0.726. The molecule has 2 bridgehead atoms. The van der Waals surface area contributed by atoms with Crippen LogP contribution >= 0.6 is 0 Å². The summed E-state index contributed by atoms with van der Waals surface area (Å²) in [6, 6.07) is 1.90. The molecule has 4 fully saturated rings. The molecule has 2 heterocycles. The van der Waals surface area contributed by atoms with Gasteiger partial charge < -0.3 is 14.9 Å². The topological polar surface area (TPSA) is 124 Å². The first-order chi connectivity index (χ1) is 23.6. The summed E-state index contributed by atoms with van der Waals surface area (Å²) >= 11 is 0. The van der Waals surface area contributed by atoms with Gasteiger partial charge in [-0.3, -0.25) is 24.1 Å². The van der Waals surface area contributed by atoms with Crippen molar-refractivity contribution in [3.63, 3.8) is 0 Å². The molecule has 9 nitrogen and oxygen atoms in total. The molecule has 2 saturated heterocycles. The number of carbonyl (C=O) groups is 4. The van der Waals surface area contributed by atoms with Crippen LogP contribution in [-0.4, -0.2) is 70.5 Å². The van der Waals surface area contributed by atoms with Gasteiger partial charge in [0, 0.05) is 18.2 Å². The minimum atomic E-state index is -6.65. The number of amides is 4. The van der Waals surface area contributed by atoms with Crippen molar-refractivity contribution < 1.29 is 86.8 Å². The Bertz CT molecular complexity index is 1830. The maximum absolute atomic E-state index is 14.3. The zero-order valence-corrected chi connectivity index (χ0v) is 26.0. The molecule has 0 spiro atoms. The van der Waals surface area contributed by atoms with Crippen LogP contribution in [0.5, 0.6) is 11.5 Å². The van der Waals surface area contributed by atoms with Crippen molar-refractivity contribution in [3.05, 3.63) is 53.1 Å². The first-order valence-electron chi connectivity index (χ1n) is 15.0. The van der Waals surface area contributed by atoms with E-state index in [1.807, 2.05) is 0 Å². The van der Waals surface area contributed by atoms with Crippen LogP contribution < -0.4 is 9.64 Å². The van der Waals surface area contributed by atoms with E-state index in [4.69, 9.17) is 4.74 Å². The van der Waals surface area contributed by atoms with Gasteiger partial charge >= 0.3 is 24.7 Å². The van der Waals surface area contributed by atoms with Crippen LogP contribution in [0.1, 0.15) is 23.1 Å². The second-order valence-corrected chi connectivity index (χ2v) is 13.1. The van der Waals surface area contributed by atoms with E-state index in [-0.39, 0.29) is 23.5 Å². The monoisotopic (exact) mass is 762 g/mol. The Labute approximate surface area is 282 Å². The number of likely N-dealkylation sites (tertiary alicyclic amines) is 1. The second kappa shape index (κ2) is 11.1. The SMILES string of the molecule is Cc1ccc(Oc2ccc(N3C(=O)C4C5CC(C6C(=O)N(C)C(=O)C56)C4C3=O)c(C(O)(C(F)(F)F)C(F)(F)F)c2)cc1C(O)(C(F)(F)F)C(F)(F)F. The minimum Gasteiger partial charge on any atom is -0.457 e. The molecule has 6 atom stereocenters. The number of hydrogen-bond donors (Lipinski definition) is 2. The number of carbonyl (C=O) groups excluding carboxylic acids is 4. The largest absolute Gasteiger partial charge is 0.457 e. The number of imide groups is 2. The van der Waals surface area contributed by atoms with Crippen molar-refractivity contribution in [2.24, 2.45) is 35.5 Å². The van der Waals surface area contributed by atoms with Crippen LogP contribution in [0, 0.1) is 42.4 Å². The van der Waals surface area contributed by atoms with Gasteiger partial charge in [0.1, 0.15) is 11.5 Å². The molecule has 2 aliphatic heterocycles. The van der Waals surface area contributed by atoms with Crippen LogP contribution in [0.3, 0.4) is 0 Å². The Balaban J connectivity index is 1.47. The predicted octanol–water partition coefficient (Wildman–Crippen LogP) is 5.40. The lowest BCUT2D eigenvalue weighted by atomic mass is 9.70. The van der Waals surface area contributed by atoms with Gasteiger partial charge in [-0.2, -0.15) is 52.7 Å². The Morgan fingerprint density at radius 2 is 0.962 bits per heavy atom. The molecule has 2 aromatic carbocycles. The molecule has 2 saturated carbocycles. The first-order valence-corrected chi connectivity index (χ1v) is 15.0. The average molecular weight is 763 g/mol. The molecule has 4 amide bonds. The lowest BCUT2D eigenvalue weighted by Gasteiger charge is -2.35. The third-order valence-corrected chi connectivity index (χ3v) is 10.5. The van der Waals surface area contributed by atoms with Crippen molar-refractivity contribution in [3.8, 4) is 11.5 Å². The molecule has 0 radical (unpaired) electrons. The van der Waals surface area contributed by atoms with E-state index < -0.39 is 129 Å². The second-order valence-electron chi connectivity index (χ2n) is 13.1. The maximum atomic E-state index is 14.3. The molecule has 2 aliphatic carbocycles. The van der Waals surface area contributed by atoms with Gasteiger partial charge in [-0.15, -0.1) is 0 Å². The summed E-state index contributed by atoms with van der Waals surface area (Å²) in [5, 5.41) is 20.3. The highest BCUT2D eigenvalue weighted by Gasteiger charge is 2.76. The van der Waals surface area contributed by atoms with E-state index >= 15 is 0 Å². The number of benzene rings is 2. The van der Waals surface area contributed by atoms with Crippen molar-refractivity contribution in [1.29, 1.82) is 0 Å². The van der Waals surface area contributed by atoms with Crippen molar-refractivity contribution in [2.75, 3.05) is 11.9 Å². The van der Waals surface area contributed by atoms with Crippen LogP contribution in [0.25, 0.3) is 0 Å². The highest BCUT2D eigenvalue weighted by atomic mass is 19.4. The molecule has 6 unspecified atom stereocenters. The molecule has 2 aromatic rings. The summed E-state index contributed by atoms with van der Waals surface area (Å²) in [7, 11) is 1.17. The zero-order chi connectivity index (χ0) is 39.0. The molecule has 52 heavy (non-hydrogen) atoms. The quantitative estimate of drug-likeness (QED) is 0.309. The number of hydrogen-bond acceptors (Lipinski definition) is 7. The normalized spacial score (nSPS) is 26.8. The number of fused-ring (bicyclic) bond motifs is 8. The number of alkyl halides is 12. The summed E-state index contributed by atoms with van der Waals surface area (Å²) in [5.41, 5.74) is -17.7. The van der Waals surface area contributed by atoms with Gasteiger partial charge in [0.2, 0.25) is 23.6 Å². The van der Waals surface area contributed by atoms with Gasteiger partial charge in [-0.05, 0) is 61.1 Å². The lowest BCUT2D eigenvalue weighted by molar-refractivity contribution is -0.376. The highest BCUT2D eigenvalue weighted by molar-refractivity contribution is 6.24. The maximum Gasteiger partial charge on any atom is 0.430 e. The Hall–Kier alpha value is -4.40. The fourth-order valence-corrected chi connectivity index (χ4v) is 8.15. The molecule has 4 aliphatic rings. The lowest BCUT2D eigenvalue weighted by Crippen LogP contribution is -2.54. The number of aliphatic hydroxyl groups is 2. The van der Waals surface area contributed by atoms with Crippen molar-refractivity contribution in [1.82, 2.24) is 4.90 Å². The van der Waals surface area contributed by atoms with E-state index in [1.165, 1.54) is 7.05 Å². The van der Waals surface area contributed by atoms with E-state index in [1.54, 1.807) is 0 Å². The summed E-state index contributed by atoms with van der Waals surface area (Å²) < 4.78 is 172. The standard InChI is InChI=1S/C31H22F12N2O7/c1-10-3-4-11(7-15(10)26(50,28(32,33)34)29(35,36)37)52-12-5-6-17(16(8-12)27(51,30(38,39)40)31(41,42)43)45-24(48)20-13-9-14(21(20)25(45)49)19-18(13)22(46)44(2)23(19)47/h3-8,13-14,18-21,50-51H,9H2,1-2H3. The zero-order valence-electron chi connectivity index (χ0n) is 26.0. The Morgan fingerprint density at radius 1 is 0.596 bits per heavy atom. The summed E-state index contributed by atoms with van der Waals surface area (Å²) in [4.78, 5) is 53.8. The number of nitrogens with zero attached hydrogens (tertiary/aromatic N) is 2. The average Bonchev–Trinajstić information content (AvgIpc) is 3.71. The Kier molecular flexibility index (Phi) is 7.95. The third kappa shape index (κ3) is 4.79. The van der Waals surface area contributed by atoms with E-state index in [0.29, 0.717) is 24.3 Å². The highest BCUT2D eigenvalue weighted by Crippen LogP contribution is 2.65. The first kappa shape index (κ1) is 37.4. The van der Waals surface area contributed by atoms with Crippen molar-refractivity contribution in [2.45, 2.75) is 49.3 Å². The minimum absolute atomic E-state index is 0.00627. The molecule has 21 heteroatoms. The van der Waals surface area contributed by atoms with Gasteiger partial charge in [0.25, 0.3) is 11.2 Å². The van der Waals surface area contributed by atoms with Crippen molar-refractivity contribution >= 4 is 29.3 Å². The van der Waals surface area contributed by atoms with Gasteiger partial charge in [0.15, 0.2) is 0 Å². The van der Waals surface area contributed by atoms with E-state index in [9.17, 15) is 82.1 Å². The van der Waals surface area contributed by atoms with E-state index in [2.05, 4.69) is 0 Å². The van der Waals surface area contributed by atoms with Crippen LogP contribution in [0.2, 0.25) is 0 Å². The third-order valence-electron chi connectivity index (χ3n) is 10.5. The number of anilines is 1. The Morgan fingerprint density at radius 3 is 1.38 bits per heavy atom. The van der Waals surface area contributed by atoms with Crippen LogP contribution in [0.15, 0.2) is 36.4 Å². The summed E-state index contributed by atoms with van der Waals surface area (Å²) in [5.74, 6) is -13.3. The molecular formula is C31H22F12N2O7. The number of halogens is 12. The van der Waals surface area contributed by atoms with Crippen LogP contribution in [0.4, 0.5) is 58.4 Å². The van der Waals surface area contributed by atoms with E-state index in [0.717, 1.165) is 11.8 Å². The van der Waals surface area contributed by atoms with Crippen LogP contribution in [-0.2, 0) is 30.4 Å². The van der Waals surface area contributed by atoms with Gasteiger partial charge in [-0.25, -0.2) is 4.90 Å². The van der Waals surface area contributed by atoms with Gasteiger partial charge in [-0.1, -0.05) is 6.07 Å². The number of rotatable bonds is 5. The number of aryl methyl sites for hydroxylation is 1. The molecule has 0 aromatic heterocycles. The predicted molar refractivity (Wildman–Crippen MR) is 146 cm³/mol. The smallest absolute Gasteiger partial charge is 0.430 e. The molecule has 282 valence electrons. The molecule has 6 rings (SSSR count). The summed E-state index contributed by atoms with van der Waals surface area (Å²) in [6.07, 6.45) is -26.1.